The Bertz CT molecular complexity index is 532. The number of carbonyl (C=O) groups excluding carboxylic acids is 1. The van der Waals surface area contributed by atoms with Crippen molar-refractivity contribution in [1.82, 2.24) is 5.32 Å². The maximum absolute atomic E-state index is 11.9. The Hall–Kier alpha value is -1.35. The van der Waals surface area contributed by atoms with Crippen LogP contribution in [0.2, 0.25) is 0 Å². The number of anilines is 1. The maximum Gasteiger partial charge on any atom is 0.227 e. The molecule has 0 radical (unpaired) electrons. The topological polar surface area (TPSA) is 32.3 Å². The zero-order valence-electron chi connectivity index (χ0n) is 11.2. The van der Waals surface area contributed by atoms with Crippen molar-refractivity contribution in [1.29, 1.82) is 0 Å². The van der Waals surface area contributed by atoms with Gasteiger partial charge >= 0.3 is 0 Å². The highest BCUT2D eigenvalue weighted by Gasteiger charge is 2.32. The molecule has 4 rings (SSSR count). The Morgan fingerprint density at radius 2 is 1.95 bits per heavy atom. The molecule has 0 bridgehead atoms. The SMILES string of the molecule is O=C1CCc2cc(C3CCCCN3)cc3c2N1CC3. The first-order valence-electron chi connectivity index (χ1n) is 7.52. The summed E-state index contributed by atoms with van der Waals surface area (Å²) in [5.41, 5.74) is 5.49. The van der Waals surface area contributed by atoms with Crippen molar-refractivity contribution in [3.8, 4) is 0 Å². The predicted molar refractivity (Wildman–Crippen MR) is 75.4 cm³/mol. The van der Waals surface area contributed by atoms with Crippen molar-refractivity contribution in [2.75, 3.05) is 18.0 Å². The molecule has 0 spiro atoms. The van der Waals surface area contributed by atoms with E-state index < -0.39 is 0 Å². The fraction of sp³-hybridized carbons (Fsp3) is 0.562. The number of carbonyl (C=O) groups is 1. The Balaban J connectivity index is 1.75. The van der Waals surface area contributed by atoms with Gasteiger partial charge in [0.05, 0.1) is 5.69 Å². The van der Waals surface area contributed by atoms with Crippen molar-refractivity contribution in [2.24, 2.45) is 0 Å². The van der Waals surface area contributed by atoms with Gasteiger partial charge in [0.2, 0.25) is 5.91 Å². The van der Waals surface area contributed by atoms with E-state index in [0.717, 1.165) is 25.9 Å². The molecular formula is C16H20N2O. The van der Waals surface area contributed by atoms with Gasteiger partial charge in [0.25, 0.3) is 0 Å². The zero-order chi connectivity index (χ0) is 12.8. The molecule has 1 fully saturated rings. The lowest BCUT2D eigenvalue weighted by atomic mass is 9.91. The zero-order valence-corrected chi connectivity index (χ0v) is 11.2. The largest absolute Gasteiger partial charge is 0.312 e. The van der Waals surface area contributed by atoms with E-state index in [1.54, 1.807) is 0 Å². The molecule has 1 amide bonds. The molecule has 1 saturated heterocycles. The van der Waals surface area contributed by atoms with Gasteiger partial charge in [-0.05, 0) is 48.9 Å². The maximum atomic E-state index is 11.9. The minimum absolute atomic E-state index is 0.315. The number of nitrogens with zero attached hydrogens (tertiary/aromatic N) is 1. The Morgan fingerprint density at radius 1 is 1.11 bits per heavy atom. The summed E-state index contributed by atoms with van der Waals surface area (Å²) >= 11 is 0. The van der Waals surface area contributed by atoms with Crippen LogP contribution in [-0.2, 0) is 17.6 Å². The smallest absolute Gasteiger partial charge is 0.227 e. The second kappa shape index (κ2) is 4.34. The fourth-order valence-electron chi connectivity index (χ4n) is 3.82. The van der Waals surface area contributed by atoms with Gasteiger partial charge in [0.15, 0.2) is 0 Å². The van der Waals surface area contributed by atoms with Crippen LogP contribution in [0.15, 0.2) is 12.1 Å². The van der Waals surface area contributed by atoms with E-state index in [0.29, 0.717) is 18.4 Å². The minimum Gasteiger partial charge on any atom is -0.312 e. The number of benzene rings is 1. The van der Waals surface area contributed by atoms with Gasteiger partial charge in [-0.1, -0.05) is 18.6 Å². The van der Waals surface area contributed by atoms with Gasteiger partial charge in [0, 0.05) is 19.0 Å². The molecular weight excluding hydrogens is 236 g/mol. The normalized spacial score (nSPS) is 25.6. The van der Waals surface area contributed by atoms with E-state index in [1.165, 1.54) is 41.6 Å². The van der Waals surface area contributed by atoms with E-state index in [4.69, 9.17) is 0 Å². The van der Waals surface area contributed by atoms with Crippen molar-refractivity contribution < 1.29 is 4.79 Å². The number of hydrogen-bond donors (Lipinski definition) is 1. The third-order valence-corrected chi connectivity index (χ3v) is 4.79. The van der Waals surface area contributed by atoms with Crippen LogP contribution in [0.4, 0.5) is 5.69 Å². The molecule has 100 valence electrons. The lowest BCUT2D eigenvalue weighted by Crippen LogP contribution is -2.33. The van der Waals surface area contributed by atoms with Gasteiger partial charge in [-0.3, -0.25) is 4.79 Å². The molecule has 0 aromatic heterocycles. The monoisotopic (exact) mass is 256 g/mol. The third kappa shape index (κ3) is 1.79. The highest BCUT2D eigenvalue weighted by Crippen LogP contribution is 2.39. The van der Waals surface area contributed by atoms with Gasteiger partial charge in [0.1, 0.15) is 0 Å². The predicted octanol–water partition coefficient (Wildman–Crippen LogP) is 2.34. The number of amides is 1. The first-order valence-corrected chi connectivity index (χ1v) is 7.52. The van der Waals surface area contributed by atoms with E-state index in [2.05, 4.69) is 17.4 Å². The number of nitrogens with one attached hydrogen (secondary N) is 1. The summed E-state index contributed by atoms with van der Waals surface area (Å²) in [4.78, 5) is 13.9. The molecule has 1 atom stereocenters. The first-order chi connectivity index (χ1) is 9.33. The average molecular weight is 256 g/mol. The number of hydrogen-bond acceptors (Lipinski definition) is 2. The van der Waals surface area contributed by atoms with Crippen LogP contribution in [0.5, 0.6) is 0 Å². The molecule has 3 aliphatic rings. The minimum atomic E-state index is 0.315. The average Bonchev–Trinajstić information content (AvgIpc) is 2.89. The molecule has 3 nitrogen and oxygen atoms in total. The molecule has 3 aliphatic heterocycles. The summed E-state index contributed by atoms with van der Waals surface area (Å²) in [6, 6.07) is 5.23. The Morgan fingerprint density at radius 3 is 2.74 bits per heavy atom. The second-order valence-corrected chi connectivity index (χ2v) is 5.99. The molecule has 3 heterocycles. The molecule has 19 heavy (non-hydrogen) atoms. The van der Waals surface area contributed by atoms with Crippen molar-refractivity contribution in [3.63, 3.8) is 0 Å². The number of rotatable bonds is 1. The van der Waals surface area contributed by atoms with E-state index in [1.807, 2.05) is 4.90 Å². The number of piperidine rings is 1. The molecule has 1 aromatic rings. The van der Waals surface area contributed by atoms with E-state index >= 15 is 0 Å². The Kier molecular flexibility index (Phi) is 2.62. The van der Waals surface area contributed by atoms with Gasteiger partial charge in [-0.25, -0.2) is 0 Å². The van der Waals surface area contributed by atoms with Crippen molar-refractivity contribution >= 4 is 11.6 Å². The van der Waals surface area contributed by atoms with Crippen LogP contribution in [-0.4, -0.2) is 19.0 Å². The molecule has 3 heteroatoms. The van der Waals surface area contributed by atoms with Gasteiger partial charge in [-0.2, -0.15) is 0 Å². The van der Waals surface area contributed by atoms with E-state index in [-0.39, 0.29) is 0 Å². The van der Waals surface area contributed by atoms with Crippen LogP contribution in [0, 0.1) is 0 Å². The van der Waals surface area contributed by atoms with Crippen LogP contribution in [0.3, 0.4) is 0 Å². The first kappa shape index (κ1) is 11.5. The van der Waals surface area contributed by atoms with Crippen LogP contribution in [0.1, 0.15) is 48.4 Å². The lowest BCUT2D eigenvalue weighted by molar-refractivity contribution is -0.118. The fourth-order valence-corrected chi connectivity index (χ4v) is 3.82. The summed E-state index contributed by atoms with van der Waals surface area (Å²) in [5.74, 6) is 0.315. The van der Waals surface area contributed by atoms with Crippen LogP contribution in [0.25, 0.3) is 0 Å². The summed E-state index contributed by atoms with van der Waals surface area (Å²) in [6.07, 6.45) is 6.53. The van der Waals surface area contributed by atoms with Gasteiger partial charge < -0.3 is 10.2 Å². The van der Waals surface area contributed by atoms with Crippen molar-refractivity contribution in [3.05, 3.63) is 28.8 Å². The van der Waals surface area contributed by atoms with Crippen LogP contribution < -0.4 is 10.2 Å². The van der Waals surface area contributed by atoms with Gasteiger partial charge in [-0.15, -0.1) is 0 Å². The summed E-state index contributed by atoms with van der Waals surface area (Å²) in [5, 5.41) is 3.64. The molecule has 1 unspecified atom stereocenters. The summed E-state index contributed by atoms with van der Waals surface area (Å²) in [6.45, 7) is 2.03. The second-order valence-electron chi connectivity index (χ2n) is 5.99. The number of aryl methyl sites for hydroxylation is 1. The summed E-state index contributed by atoms with van der Waals surface area (Å²) < 4.78 is 0. The molecule has 1 N–H and O–H groups in total. The lowest BCUT2D eigenvalue weighted by Gasteiger charge is -2.28. The van der Waals surface area contributed by atoms with Crippen LogP contribution >= 0.6 is 0 Å². The quantitative estimate of drug-likeness (QED) is 0.836. The third-order valence-electron chi connectivity index (χ3n) is 4.79. The highest BCUT2D eigenvalue weighted by molar-refractivity contribution is 5.98. The molecule has 1 aromatic carbocycles. The van der Waals surface area contributed by atoms with E-state index in [9.17, 15) is 4.79 Å². The standard InChI is InChI=1S/C16H20N2O/c19-15-5-4-11-9-13(14-3-1-2-7-17-14)10-12-6-8-18(15)16(11)12/h9-10,14,17H,1-8H2. The van der Waals surface area contributed by atoms with Crippen molar-refractivity contribution in [2.45, 2.75) is 44.6 Å². The molecule has 0 aliphatic carbocycles. The Labute approximate surface area is 114 Å². The summed E-state index contributed by atoms with van der Waals surface area (Å²) in [7, 11) is 0. The molecule has 0 saturated carbocycles. The highest BCUT2D eigenvalue weighted by atomic mass is 16.2.